The smallest absolute Gasteiger partial charge is 0.268 e. The molecule has 0 aliphatic heterocycles. The van der Waals surface area contributed by atoms with Gasteiger partial charge < -0.3 is 9.84 Å². The number of benzene rings is 1. The van der Waals surface area contributed by atoms with Gasteiger partial charge in [-0.15, -0.1) is 0 Å². The number of anilines is 2. The Labute approximate surface area is 152 Å². The van der Waals surface area contributed by atoms with E-state index in [1.807, 2.05) is 37.3 Å². The molecule has 2 aromatic heterocycles. The van der Waals surface area contributed by atoms with Gasteiger partial charge in [0.2, 0.25) is 0 Å². The summed E-state index contributed by atoms with van der Waals surface area (Å²) in [6.45, 7) is 5.18. The Kier molecular flexibility index (Phi) is 4.94. The summed E-state index contributed by atoms with van der Waals surface area (Å²) in [7, 11) is -3.80. The van der Waals surface area contributed by atoms with Crippen LogP contribution in [0.25, 0.3) is 0 Å². The predicted molar refractivity (Wildman–Crippen MR) is 99.5 cm³/mol. The van der Waals surface area contributed by atoms with Crippen LogP contribution in [0, 0.1) is 13.8 Å². The van der Waals surface area contributed by atoms with Crippen LogP contribution in [-0.2, 0) is 10.0 Å². The fourth-order valence-electron chi connectivity index (χ4n) is 2.66. The molecule has 0 aliphatic carbocycles. The fourth-order valence-corrected chi connectivity index (χ4v) is 4.00. The standard InChI is InChI=1S/C18H20N4O3S/c1-12(15-7-5-4-6-8-15)20-16-9-10-17(19-11-16)22-26(23,24)18-13(2)21-25-14(18)3/h4-12,20H,1-3H3,(H,19,22). The summed E-state index contributed by atoms with van der Waals surface area (Å²) in [5, 5.41) is 7.00. The molecule has 0 saturated carbocycles. The monoisotopic (exact) mass is 372 g/mol. The quantitative estimate of drug-likeness (QED) is 0.685. The first-order valence-corrected chi connectivity index (χ1v) is 9.58. The molecule has 1 atom stereocenters. The Morgan fingerprint density at radius 3 is 2.38 bits per heavy atom. The highest BCUT2D eigenvalue weighted by Crippen LogP contribution is 2.23. The molecule has 7 nitrogen and oxygen atoms in total. The number of aromatic nitrogens is 2. The molecule has 0 bridgehead atoms. The molecule has 0 spiro atoms. The molecule has 0 fully saturated rings. The van der Waals surface area contributed by atoms with E-state index in [0.29, 0.717) is 5.69 Å². The topological polar surface area (TPSA) is 97.1 Å². The maximum atomic E-state index is 12.5. The second-order valence-corrected chi connectivity index (χ2v) is 7.59. The van der Waals surface area contributed by atoms with E-state index in [1.165, 1.54) is 0 Å². The highest BCUT2D eigenvalue weighted by atomic mass is 32.2. The van der Waals surface area contributed by atoms with Gasteiger partial charge in [0, 0.05) is 6.04 Å². The number of pyridine rings is 1. The molecule has 0 aliphatic rings. The molecule has 8 heteroatoms. The Morgan fingerprint density at radius 2 is 1.81 bits per heavy atom. The Morgan fingerprint density at radius 1 is 1.08 bits per heavy atom. The van der Waals surface area contributed by atoms with Crippen LogP contribution in [0.4, 0.5) is 11.5 Å². The minimum absolute atomic E-state index is 0.0409. The van der Waals surface area contributed by atoms with E-state index in [-0.39, 0.29) is 22.5 Å². The van der Waals surface area contributed by atoms with Crippen LogP contribution in [0.3, 0.4) is 0 Å². The van der Waals surface area contributed by atoms with Gasteiger partial charge >= 0.3 is 0 Å². The van der Waals surface area contributed by atoms with Crippen molar-refractivity contribution in [3.8, 4) is 0 Å². The molecule has 1 aromatic carbocycles. The van der Waals surface area contributed by atoms with Crippen molar-refractivity contribution >= 4 is 21.5 Å². The molecule has 2 N–H and O–H groups in total. The normalized spacial score (nSPS) is 12.6. The number of hydrogen-bond acceptors (Lipinski definition) is 6. The summed E-state index contributed by atoms with van der Waals surface area (Å²) in [4.78, 5) is 4.22. The summed E-state index contributed by atoms with van der Waals surface area (Å²) in [5.74, 6) is 0.466. The predicted octanol–water partition coefficient (Wildman–Crippen LogP) is 3.66. The average molecular weight is 372 g/mol. The summed E-state index contributed by atoms with van der Waals surface area (Å²) < 4.78 is 32.3. The zero-order valence-corrected chi connectivity index (χ0v) is 15.5. The number of rotatable bonds is 6. The highest BCUT2D eigenvalue weighted by Gasteiger charge is 2.24. The van der Waals surface area contributed by atoms with Gasteiger partial charge in [-0.1, -0.05) is 35.5 Å². The van der Waals surface area contributed by atoms with E-state index in [1.54, 1.807) is 32.2 Å². The average Bonchev–Trinajstić information content (AvgIpc) is 2.96. The Bertz CT molecular complexity index is 964. The second-order valence-electron chi connectivity index (χ2n) is 5.97. The minimum Gasteiger partial charge on any atom is -0.377 e. The first-order chi connectivity index (χ1) is 12.4. The molecular formula is C18H20N4O3S. The zero-order valence-electron chi connectivity index (χ0n) is 14.7. The lowest BCUT2D eigenvalue weighted by atomic mass is 10.1. The van der Waals surface area contributed by atoms with Crippen LogP contribution in [0.15, 0.2) is 58.1 Å². The maximum absolute atomic E-state index is 12.5. The number of sulfonamides is 1. The van der Waals surface area contributed by atoms with Crippen molar-refractivity contribution in [1.82, 2.24) is 10.1 Å². The minimum atomic E-state index is -3.80. The van der Waals surface area contributed by atoms with Crippen molar-refractivity contribution in [2.75, 3.05) is 10.0 Å². The van der Waals surface area contributed by atoms with Gasteiger partial charge in [-0.05, 0) is 38.5 Å². The van der Waals surface area contributed by atoms with E-state index < -0.39 is 10.0 Å². The van der Waals surface area contributed by atoms with Gasteiger partial charge in [0.05, 0.1) is 11.9 Å². The summed E-state index contributed by atoms with van der Waals surface area (Å²) in [6.07, 6.45) is 1.59. The molecule has 1 unspecified atom stereocenters. The van der Waals surface area contributed by atoms with Gasteiger partial charge in [0.15, 0.2) is 10.7 Å². The third-order valence-corrected chi connectivity index (χ3v) is 5.52. The van der Waals surface area contributed by atoms with Gasteiger partial charge in [-0.2, -0.15) is 0 Å². The van der Waals surface area contributed by atoms with Crippen LogP contribution >= 0.6 is 0 Å². The van der Waals surface area contributed by atoms with Crippen LogP contribution in [0.5, 0.6) is 0 Å². The number of aryl methyl sites for hydroxylation is 2. The Hall–Kier alpha value is -2.87. The molecular weight excluding hydrogens is 352 g/mol. The van der Waals surface area contributed by atoms with E-state index in [9.17, 15) is 8.42 Å². The molecule has 26 heavy (non-hydrogen) atoms. The van der Waals surface area contributed by atoms with Gasteiger partial charge in [-0.3, -0.25) is 4.72 Å². The lowest BCUT2D eigenvalue weighted by Crippen LogP contribution is -2.15. The molecule has 3 rings (SSSR count). The first kappa shape index (κ1) is 17.9. The number of hydrogen-bond donors (Lipinski definition) is 2. The summed E-state index contributed by atoms with van der Waals surface area (Å²) >= 11 is 0. The van der Waals surface area contributed by atoms with Crippen LogP contribution in [0.2, 0.25) is 0 Å². The highest BCUT2D eigenvalue weighted by molar-refractivity contribution is 7.92. The largest absolute Gasteiger partial charge is 0.377 e. The SMILES string of the molecule is Cc1noc(C)c1S(=O)(=O)Nc1ccc(NC(C)c2ccccc2)cn1. The van der Waals surface area contributed by atoms with E-state index in [4.69, 9.17) is 4.52 Å². The fraction of sp³-hybridized carbons (Fsp3) is 0.222. The van der Waals surface area contributed by atoms with Gasteiger partial charge in [-0.25, -0.2) is 13.4 Å². The number of nitrogens with zero attached hydrogens (tertiary/aromatic N) is 2. The molecule has 0 amide bonds. The van der Waals surface area contributed by atoms with Crippen molar-refractivity contribution < 1.29 is 12.9 Å². The van der Waals surface area contributed by atoms with Crippen LogP contribution < -0.4 is 10.0 Å². The lowest BCUT2D eigenvalue weighted by molar-refractivity contribution is 0.390. The molecule has 0 radical (unpaired) electrons. The molecule has 0 saturated heterocycles. The third kappa shape index (κ3) is 3.85. The summed E-state index contributed by atoms with van der Waals surface area (Å²) in [5.41, 5.74) is 2.25. The van der Waals surface area contributed by atoms with Crippen molar-refractivity contribution in [1.29, 1.82) is 0 Å². The van der Waals surface area contributed by atoms with E-state index in [0.717, 1.165) is 11.3 Å². The molecule has 3 aromatic rings. The van der Waals surface area contributed by atoms with Gasteiger partial charge in [0.25, 0.3) is 10.0 Å². The number of nitrogens with one attached hydrogen (secondary N) is 2. The Balaban J connectivity index is 1.72. The first-order valence-electron chi connectivity index (χ1n) is 8.10. The van der Waals surface area contributed by atoms with Crippen LogP contribution in [0.1, 0.15) is 30.0 Å². The molecule has 2 heterocycles. The van der Waals surface area contributed by atoms with Gasteiger partial charge in [0.1, 0.15) is 11.5 Å². The third-order valence-electron chi connectivity index (χ3n) is 3.92. The van der Waals surface area contributed by atoms with Crippen molar-refractivity contribution in [2.24, 2.45) is 0 Å². The van der Waals surface area contributed by atoms with Crippen molar-refractivity contribution in [3.05, 3.63) is 65.7 Å². The van der Waals surface area contributed by atoms with Crippen molar-refractivity contribution in [3.63, 3.8) is 0 Å². The lowest BCUT2D eigenvalue weighted by Gasteiger charge is -2.15. The van der Waals surface area contributed by atoms with E-state index in [2.05, 4.69) is 20.2 Å². The van der Waals surface area contributed by atoms with Crippen molar-refractivity contribution in [2.45, 2.75) is 31.7 Å². The molecule has 136 valence electrons. The zero-order chi connectivity index (χ0) is 18.7. The maximum Gasteiger partial charge on any atom is 0.268 e. The summed E-state index contributed by atoms with van der Waals surface area (Å²) in [6, 6.07) is 13.5. The second kappa shape index (κ2) is 7.17. The van der Waals surface area contributed by atoms with E-state index >= 15 is 0 Å². The van der Waals surface area contributed by atoms with Crippen LogP contribution in [-0.4, -0.2) is 18.6 Å².